The van der Waals surface area contributed by atoms with Crippen molar-refractivity contribution in [2.45, 2.75) is 46.2 Å². The standard InChI is InChI=1S/C12H23N3O/c1-6-11(7-16)13-8(2)12-9(3)14-15(5)10(12)4/h8,11,13,16H,6-7H2,1-5H3/t8?,11-/m1/s1. The fraction of sp³-hybridized carbons (Fsp3) is 0.750. The van der Waals surface area contributed by atoms with Crippen molar-refractivity contribution >= 4 is 0 Å². The lowest BCUT2D eigenvalue weighted by Crippen LogP contribution is -2.34. The van der Waals surface area contributed by atoms with Crippen molar-refractivity contribution in [2.75, 3.05) is 6.61 Å². The molecule has 0 bridgehead atoms. The van der Waals surface area contributed by atoms with Crippen LogP contribution in [0.5, 0.6) is 0 Å². The molecule has 0 fully saturated rings. The van der Waals surface area contributed by atoms with Gasteiger partial charge in [-0.1, -0.05) is 6.92 Å². The van der Waals surface area contributed by atoms with Gasteiger partial charge in [-0.15, -0.1) is 0 Å². The fourth-order valence-electron chi connectivity index (χ4n) is 2.15. The van der Waals surface area contributed by atoms with Gasteiger partial charge in [0.1, 0.15) is 0 Å². The van der Waals surface area contributed by atoms with Crippen molar-refractivity contribution < 1.29 is 5.11 Å². The van der Waals surface area contributed by atoms with Gasteiger partial charge in [-0.2, -0.15) is 5.10 Å². The molecule has 2 N–H and O–H groups in total. The molecule has 92 valence electrons. The Labute approximate surface area is 97.7 Å². The molecule has 1 heterocycles. The first-order valence-electron chi connectivity index (χ1n) is 5.88. The van der Waals surface area contributed by atoms with E-state index in [2.05, 4.69) is 31.2 Å². The van der Waals surface area contributed by atoms with Crippen LogP contribution in [0.4, 0.5) is 0 Å². The third kappa shape index (κ3) is 2.62. The average Bonchev–Trinajstić information content (AvgIpc) is 2.49. The molecule has 0 saturated heterocycles. The van der Waals surface area contributed by atoms with Crippen LogP contribution in [0.2, 0.25) is 0 Å². The van der Waals surface area contributed by atoms with Crippen molar-refractivity contribution in [3.05, 3.63) is 17.0 Å². The third-order valence-electron chi connectivity index (χ3n) is 3.20. The van der Waals surface area contributed by atoms with Gasteiger partial charge in [-0.25, -0.2) is 0 Å². The zero-order valence-electron chi connectivity index (χ0n) is 10.9. The molecule has 1 unspecified atom stereocenters. The van der Waals surface area contributed by atoms with Gasteiger partial charge in [-0.3, -0.25) is 4.68 Å². The average molecular weight is 225 g/mol. The van der Waals surface area contributed by atoms with Gasteiger partial charge in [0.05, 0.1) is 12.3 Å². The number of hydrogen-bond acceptors (Lipinski definition) is 3. The molecular weight excluding hydrogens is 202 g/mol. The zero-order chi connectivity index (χ0) is 12.3. The highest BCUT2D eigenvalue weighted by atomic mass is 16.3. The Hall–Kier alpha value is -0.870. The molecule has 0 aliphatic heterocycles. The van der Waals surface area contributed by atoms with Gasteiger partial charge in [0.25, 0.3) is 0 Å². The minimum absolute atomic E-state index is 0.161. The van der Waals surface area contributed by atoms with Crippen molar-refractivity contribution in [3.63, 3.8) is 0 Å². The quantitative estimate of drug-likeness (QED) is 0.797. The molecule has 0 amide bonds. The second-order valence-electron chi connectivity index (χ2n) is 4.38. The molecule has 2 atom stereocenters. The van der Waals surface area contributed by atoms with Crippen molar-refractivity contribution in [1.29, 1.82) is 0 Å². The van der Waals surface area contributed by atoms with Gasteiger partial charge >= 0.3 is 0 Å². The van der Waals surface area contributed by atoms with Gasteiger partial charge in [0, 0.05) is 30.4 Å². The van der Waals surface area contributed by atoms with Crippen LogP contribution >= 0.6 is 0 Å². The summed E-state index contributed by atoms with van der Waals surface area (Å²) in [7, 11) is 1.96. The molecule has 1 aromatic heterocycles. The van der Waals surface area contributed by atoms with E-state index in [0.29, 0.717) is 0 Å². The summed E-state index contributed by atoms with van der Waals surface area (Å²) in [6.07, 6.45) is 0.930. The molecule has 0 spiro atoms. The van der Waals surface area contributed by atoms with Crippen molar-refractivity contribution in [2.24, 2.45) is 7.05 Å². The van der Waals surface area contributed by atoms with Crippen LogP contribution in [0, 0.1) is 13.8 Å². The molecule has 16 heavy (non-hydrogen) atoms. The Morgan fingerprint density at radius 2 is 2.06 bits per heavy atom. The van der Waals surface area contributed by atoms with E-state index in [1.165, 1.54) is 11.3 Å². The summed E-state index contributed by atoms with van der Waals surface area (Å²) < 4.78 is 1.91. The Morgan fingerprint density at radius 3 is 2.44 bits per heavy atom. The molecule has 0 radical (unpaired) electrons. The molecule has 0 aliphatic carbocycles. The largest absolute Gasteiger partial charge is 0.395 e. The van der Waals surface area contributed by atoms with Crippen LogP contribution in [-0.4, -0.2) is 27.5 Å². The normalized spacial score (nSPS) is 15.1. The summed E-state index contributed by atoms with van der Waals surface area (Å²) in [5, 5.41) is 17.0. The van der Waals surface area contributed by atoms with E-state index in [9.17, 15) is 5.11 Å². The lowest BCUT2D eigenvalue weighted by molar-refractivity contribution is 0.230. The first kappa shape index (κ1) is 13.2. The minimum Gasteiger partial charge on any atom is -0.395 e. The molecule has 1 rings (SSSR count). The molecule has 0 saturated carbocycles. The Kier molecular flexibility index (Phi) is 4.50. The highest BCUT2D eigenvalue weighted by molar-refractivity contribution is 5.27. The van der Waals surface area contributed by atoms with Gasteiger partial charge in [-0.05, 0) is 27.2 Å². The van der Waals surface area contributed by atoms with E-state index < -0.39 is 0 Å². The maximum Gasteiger partial charge on any atom is 0.0644 e. The third-order valence-corrected chi connectivity index (χ3v) is 3.20. The Morgan fingerprint density at radius 1 is 1.44 bits per heavy atom. The summed E-state index contributed by atoms with van der Waals surface area (Å²) in [6, 6.07) is 0.389. The Balaban J connectivity index is 2.83. The summed E-state index contributed by atoms with van der Waals surface area (Å²) in [6.45, 7) is 8.48. The number of aryl methyl sites for hydroxylation is 2. The molecular formula is C12H23N3O. The predicted molar refractivity (Wildman–Crippen MR) is 65.4 cm³/mol. The summed E-state index contributed by atoms with van der Waals surface area (Å²) in [5.41, 5.74) is 3.49. The van der Waals surface area contributed by atoms with E-state index in [0.717, 1.165) is 12.1 Å². The summed E-state index contributed by atoms with van der Waals surface area (Å²) in [5.74, 6) is 0. The van der Waals surface area contributed by atoms with Crippen molar-refractivity contribution in [3.8, 4) is 0 Å². The Bertz CT molecular complexity index is 342. The number of nitrogens with one attached hydrogen (secondary N) is 1. The molecule has 0 aliphatic rings. The first-order chi connectivity index (χ1) is 7.51. The van der Waals surface area contributed by atoms with E-state index in [1.54, 1.807) is 0 Å². The number of rotatable bonds is 5. The highest BCUT2D eigenvalue weighted by Crippen LogP contribution is 2.21. The van der Waals surface area contributed by atoms with E-state index in [1.807, 2.05) is 18.7 Å². The van der Waals surface area contributed by atoms with E-state index >= 15 is 0 Å². The lowest BCUT2D eigenvalue weighted by Gasteiger charge is -2.21. The van der Waals surface area contributed by atoms with Crippen molar-refractivity contribution in [1.82, 2.24) is 15.1 Å². The van der Waals surface area contributed by atoms with Crippen LogP contribution in [0.15, 0.2) is 0 Å². The summed E-state index contributed by atoms with van der Waals surface area (Å²) in [4.78, 5) is 0. The van der Waals surface area contributed by atoms with E-state index in [-0.39, 0.29) is 18.7 Å². The monoisotopic (exact) mass is 225 g/mol. The summed E-state index contributed by atoms with van der Waals surface area (Å²) >= 11 is 0. The number of hydrogen-bond donors (Lipinski definition) is 2. The molecule has 0 aromatic carbocycles. The van der Waals surface area contributed by atoms with Gasteiger partial charge in [0.15, 0.2) is 0 Å². The molecule has 4 heteroatoms. The number of nitrogens with zero attached hydrogens (tertiary/aromatic N) is 2. The number of aliphatic hydroxyl groups excluding tert-OH is 1. The second-order valence-corrected chi connectivity index (χ2v) is 4.38. The molecule has 1 aromatic rings. The topological polar surface area (TPSA) is 50.1 Å². The maximum atomic E-state index is 9.18. The first-order valence-corrected chi connectivity index (χ1v) is 5.88. The number of aliphatic hydroxyl groups is 1. The van der Waals surface area contributed by atoms with Crippen LogP contribution in [-0.2, 0) is 7.05 Å². The second kappa shape index (κ2) is 5.46. The fourth-order valence-corrected chi connectivity index (χ4v) is 2.15. The van der Waals surface area contributed by atoms with E-state index in [4.69, 9.17) is 0 Å². The van der Waals surface area contributed by atoms with Gasteiger partial charge < -0.3 is 10.4 Å². The lowest BCUT2D eigenvalue weighted by atomic mass is 10.0. The zero-order valence-corrected chi connectivity index (χ0v) is 10.9. The minimum atomic E-state index is 0.161. The SMILES string of the molecule is CC[C@H](CO)NC(C)c1c(C)nn(C)c1C. The predicted octanol–water partition coefficient (Wildman–Crippen LogP) is 1.46. The molecule has 4 nitrogen and oxygen atoms in total. The maximum absolute atomic E-state index is 9.18. The number of aromatic nitrogens is 2. The van der Waals surface area contributed by atoms with Gasteiger partial charge in [0.2, 0.25) is 0 Å². The van der Waals surface area contributed by atoms with Crippen LogP contribution < -0.4 is 5.32 Å². The van der Waals surface area contributed by atoms with Crippen LogP contribution in [0.25, 0.3) is 0 Å². The van der Waals surface area contributed by atoms with Crippen LogP contribution in [0.1, 0.15) is 43.3 Å². The van der Waals surface area contributed by atoms with Crippen LogP contribution in [0.3, 0.4) is 0 Å². The highest BCUT2D eigenvalue weighted by Gasteiger charge is 2.18. The smallest absolute Gasteiger partial charge is 0.0644 e.